The molecule has 4 nitrogen and oxygen atoms in total. The molecule has 1 N–H and O–H groups in total. The van der Waals surface area contributed by atoms with Gasteiger partial charge in [-0.2, -0.15) is 0 Å². The van der Waals surface area contributed by atoms with Crippen molar-refractivity contribution in [2.24, 2.45) is 0 Å². The maximum Gasteiger partial charge on any atom is 0.150 e. The lowest BCUT2D eigenvalue weighted by atomic mass is 10.0. The Kier molecular flexibility index (Phi) is 4.58. The smallest absolute Gasteiger partial charge is 0.150 e. The molecule has 0 saturated carbocycles. The van der Waals surface area contributed by atoms with Gasteiger partial charge in [-0.15, -0.1) is 0 Å². The van der Waals surface area contributed by atoms with Crippen LogP contribution < -0.4 is 10.1 Å². The van der Waals surface area contributed by atoms with E-state index in [1.54, 1.807) is 7.11 Å². The fraction of sp³-hybridized carbons (Fsp3) is 0.400. The molecule has 1 atom stereocenters. The molecule has 4 heteroatoms. The maximum absolute atomic E-state index is 5.41. The molecular weight excluding hydrogens is 240 g/mol. The van der Waals surface area contributed by atoms with E-state index in [4.69, 9.17) is 9.26 Å². The van der Waals surface area contributed by atoms with Crippen molar-refractivity contribution in [3.8, 4) is 5.75 Å². The molecule has 102 valence electrons. The van der Waals surface area contributed by atoms with E-state index in [2.05, 4.69) is 23.5 Å². The lowest BCUT2D eigenvalue weighted by molar-refractivity contribution is 0.354. The van der Waals surface area contributed by atoms with E-state index in [0.29, 0.717) is 6.54 Å². The van der Waals surface area contributed by atoms with Gasteiger partial charge >= 0.3 is 0 Å². The third-order valence-corrected chi connectivity index (χ3v) is 3.12. The third kappa shape index (κ3) is 3.35. The van der Waals surface area contributed by atoms with E-state index in [0.717, 1.165) is 23.6 Å². The summed E-state index contributed by atoms with van der Waals surface area (Å²) >= 11 is 0. The van der Waals surface area contributed by atoms with Crippen LogP contribution in [0.15, 0.2) is 34.9 Å². The summed E-state index contributed by atoms with van der Waals surface area (Å²) in [6.07, 6.45) is 0.980. The predicted molar refractivity (Wildman–Crippen MR) is 74.1 cm³/mol. The lowest BCUT2D eigenvalue weighted by Crippen LogP contribution is -2.20. The summed E-state index contributed by atoms with van der Waals surface area (Å²) in [7, 11) is 1.70. The minimum Gasteiger partial charge on any atom is -0.496 e. The first kappa shape index (κ1) is 13.6. The average molecular weight is 260 g/mol. The van der Waals surface area contributed by atoms with Crippen molar-refractivity contribution in [1.29, 1.82) is 0 Å². The molecule has 0 amide bonds. The second-order valence-corrected chi connectivity index (χ2v) is 4.52. The van der Waals surface area contributed by atoms with Gasteiger partial charge in [0.05, 0.1) is 19.3 Å². The first-order valence-electron chi connectivity index (χ1n) is 6.53. The third-order valence-electron chi connectivity index (χ3n) is 3.12. The topological polar surface area (TPSA) is 47.3 Å². The number of para-hydroxylation sites is 1. The highest BCUT2D eigenvalue weighted by molar-refractivity contribution is 5.35. The number of benzene rings is 1. The monoisotopic (exact) mass is 260 g/mol. The van der Waals surface area contributed by atoms with Gasteiger partial charge in [0, 0.05) is 17.7 Å². The number of nitrogens with one attached hydrogen (secondary N) is 1. The number of aryl methyl sites for hydroxylation is 1. The van der Waals surface area contributed by atoms with Crippen LogP contribution in [-0.4, -0.2) is 12.3 Å². The second-order valence-electron chi connectivity index (χ2n) is 4.52. The van der Waals surface area contributed by atoms with Gasteiger partial charge in [0.1, 0.15) is 5.75 Å². The SMILES string of the molecule is CCC(NCc1cc(C)no1)c1ccccc1OC. The average Bonchev–Trinajstić information content (AvgIpc) is 2.86. The number of methoxy groups -OCH3 is 1. The number of rotatable bonds is 6. The van der Waals surface area contributed by atoms with Crippen LogP contribution in [0.1, 0.15) is 36.4 Å². The number of aromatic nitrogens is 1. The van der Waals surface area contributed by atoms with Gasteiger partial charge in [-0.3, -0.25) is 0 Å². The molecule has 1 aromatic heterocycles. The molecule has 0 spiro atoms. The molecule has 1 aromatic carbocycles. The summed E-state index contributed by atoms with van der Waals surface area (Å²) in [6, 6.07) is 10.3. The van der Waals surface area contributed by atoms with Gasteiger partial charge in [-0.1, -0.05) is 30.3 Å². The number of hydrogen-bond donors (Lipinski definition) is 1. The molecule has 0 aliphatic rings. The number of ether oxygens (including phenoxy) is 1. The Labute approximate surface area is 113 Å². The lowest BCUT2D eigenvalue weighted by Gasteiger charge is -2.19. The van der Waals surface area contributed by atoms with Gasteiger partial charge in [0.15, 0.2) is 5.76 Å². The first-order chi connectivity index (χ1) is 9.24. The second kappa shape index (κ2) is 6.38. The molecule has 0 saturated heterocycles. The van der Waals surface area contributed by atoms with Gasteiger partial charge < -0.3 is 14.6 Å². The normalized spacial score (nSPS) is 12.4. The van der Waals surface area contributed by atoms with E-state index in [1.807, 2.05) is 31.2 Å². The van der Waals surface area contributed by atoms with Gasteiger partial charge in [-0.25, -0.2) is 0 Å². The highest BCUT2D eigenvalue weighted by Crippen LogP contribution is 2.27. The van der Waals surface area contributed by atoms with Crippen LogP contribution in [0.2, 0.25) is 0 Å². The van der Waals surface area contributed by atoms with Crippen LogP contribution in [0.3, 0.4) is 0 Å². The predicted octanol–water partition coefficient (Wildman–Crippen LogP) is 3.23. The van der Waals surface area contributed by atoms with Gasteiger partial charge in [-0.05, 0) is 19.4 Å². The zero-order valence-electron chi connectivity index (χ0n) is 11.6. The van der Waals surface area contributed by atoms with E-state index >= 15 is 0 Å². The van der Waals surface area contributed by atoms with E-state index < -0.39 is 0 Å². The van der Waals surface area contributed by atoms with E-state index in [-0.39, 0.29) is 6.04 Å². The van der Waals surface area contributed by atoms with E-state index in [1.165, 1.54) is 5.56 Å². The summed E-state index contributed by atoms with van der Waals surface area (Å²) in [5, 5.41) is 7.36. The summed E-state index contributed by atoms with van der Waals surface area (Å²) in [5.74, 6) is 1.77. The van der Waals surface area contributed by atoms with Gasteiger partial charge in [0.25, 0.3) is 0 Å². The van der Waals surface area contributed by atoms with Crippen molar-refractivity contribution < 1.29 is 9.26 Å². The zero-order valence-corrected chi connectivity index (χ0v) is 11.6. The highest BCUT2D eigenvalue weighted by atomic mass is 16.5. The van der Waals surface area contributed by atoms with Crippen LogP contribution in [0.4, 0.5) is 0 Å². The minimum atomic E-state index is 0.238. The Morgan fingerprint density at radius 3 is 2.79 bits per heavy atom. The Morgan fingerprint density at radius 1 is 1.37 bits per heavy atom. The van der Waals surface area contributed by atoms with Crippen LogP contribution in [0.5, 0.6) is 5.75 Å². The summed E-state index contributed by atoms with van der Waals surface area (Å²) in [5.41, 5.74) is 2.07. The first-order valence-corrected chi connectivity index (χ1v) is 6.53. The van der Waals surface area contributed by atoms with Crippen LogP contribution in [-0.2, 0) is 6.54 Å². The van der Waals surface area contributed by atoms with Crippen molar-refractivity contribution >= 4 is 0 Å². The van der Waals surface area contributed by atoms with Crippen molar-refractivity contribution in [2.45, 2.75) is 32.9 Å². The van der Waals surface area contributed by atoms with Crippen LogP contribution in [0, 0.1) is 6.92 Å². The van der Waals surface area contributed by atoms with Crippen molar-refractivity contribution in [3.63, 3.8) is 0 Å². The van der Waals surface area contributed by atoms with Crippen molar-refractivity contribution in [2.75, 3.05) is 7.11 Å². The molecule has 2 rings (SSSR count). The van der Waals surface area contributed by atoms with Crippen LogP contribution >= 0.6 is 0 Å². The fourth-order valence-electron chi connectivity index (χ4n) is 2.15. The molecule has 19 heavy (non-hydrogen) atoms. The Hall–Kier alpha value is -1.81. The molecule has 0 aliphatic heterocycles. The maximum atomic E-state index is 5.41. The Bertz CT molecular complexity index is 522. The highest BCUT2D eigenvalue weighted by Gasteiger charge is 2.14. The molecule has 0 bridgehead atoms. The molecule has 2 aromatic rings. The molecule has 1 unspecified atom stereocenters. The number of hydrogen-bond acceptors (Lipinski definition) is 4. The van der Waals surface area contributed by atoms with Crippen molar-refractivity contribution in [3.05, 3.63) is 47.3 Å². The largest absolute Gasteiger partial charge is 0.496 e. The fourth-order valence-corrected chi connectivity index (χ4v) is 2.15. The standard InChI is InChI=1S/C15H20N2O2/c1-4-14(13-7-5-6-8-15(13)18-3)16-10-12-9-11(2)17-19-12/h5-9,14,16H,4,10H2,1-3H3. The van der Waals surface area contributed by atoms with Crippen LogP contribution in [0.25, 0.3) is 0 Å². The summed E-state index contributed by atoms with van der Waals surface area (Å²) in [6.45, 7) is 4.73. The molecule has 0 aliphatic carbocycles. The molecule has 0 radical (unpaired) electrons. The van der Waals surface area contributed by atoms with E-state index in [9.17, 15) is 0 Å². The molecular formula is C15H20N2O2. The minimum absolute atomic E-state index is 0.238. The Balaban J connectivity index is 2.07. The van der Waals surface area contributed by atoms with Crippen molar-refractivity contribution in [1.82, 2.24) is 10.5 Å². The summed E-state index contributed by atoms with van der Waals surface area (Å²) < 4.78 is 10.6. The Morgan fingerprint density at radius 2 is 2.16 bits per heavy atom. The molecule has 0 fully saturated rings. The zero-order chi connectivity index (χ0) is 13.7. The molecule has 1 heterocycles. The number of nitrogens with zero attached hydrogens (tertiary/aromatic N) is 1. The van der Waals surface area contributed by atoms with Gasteiger partial charge in [0.2, 0.25) is 0 Å². The quantitative estimate of drug-likeness (QED) is 0.866. The summed E-state index contributed by atoms with van der Waals surface area (Å²) in [4.78, 5) is 0.